The normalized spacial score (nSPS) is 19.0. The van der Waals surface area contributed by atoms with Crippen molar-refractivity contribution in [1.29, 1.82) is 0 Å². The molecule has 0 spiro atoms. The van der Waals surface area contributed by atoms with Crippen molar-refractivity contribution in [1.82, 2.24) is 0 Å². The highest BCUT2D eigenvalue weighted by molar-refractivity contribution is 5.80. The van der Waals surface area contributed by atoms with E-state index in [9.17, 15) is 0 Å². The van der Waals surface area contributed by atoms with Gasteiger partial charge in [-0.1, -0.05) is 92.8 Å². The fourth-order valence-electron chi connectivity index (χ4n) is 4.86. The Hall–Kier alpha value is -1.82. The summed E-state index contributed by atoms with van der Waals surface area (Å²) in [5.74, 6) is 0. The van der Waals surface area contributed by atoms with E-state index >= 15 is 0 Å². The van der Waals surface area contributed by atoms with E-state index in [1.54, 1.807) is 5.57 Å². The second-order valence-electron chi connectivity index (χ2n) is 7.81. The van der Waals surface area contributed by atoms with Gasteiger partial charge in [-0.05, 0) is 53.4 Å². The molecule has 4 rings (SSSR count). The summed E-state index contributed by atoms with van der Waals surface area (Å²) in [4.78, 5) is 0. The number of hydrogen-bond acceptors (Lipinski definition) is 0. The van der Waals surface area contributed by atoms with Crippen molar-refractivity contribution in [3.05, 3.63) is 65.2 Å². The van der Waals surface area contributed by atoms with Gasteiger partial charge in [-0.3, -0.25) is 0 Å². The molecule has 0 aromatic heterocycles. The minimum atomic E-state index is 0.582. The Bertz CT molecular complexity index is 730. The maximum absolute atomic E-state index is 2.52. The summed E-state index contributed by atoms with van der Waals surface area (Å²) in [5, 5.41) is 0. The number of allylic oxidation sites excluding steroid dienone is 1. The molecule has 0 aliphatic heterocycles. The summed E-state index contributed by atoms with van der Waals surface area (Å²) in [7, 11) is 0. The largest absolute Gasteiger partial charge is 0.0648 e. The molecule has 2 aromatic carbocycles. The van der Waals surface area contributed by atoms with E-state index in [0.29, 0.717) is 5.41 Å². The first-order chi connectivity index (χ1) is 11.8. The highest BCUT2D eigenvalue weighted by atomic mass is 14.4. The Labute approximate surface area is 146 Å². The lowest BCUT2D eigenvalue weighted by molar-refractivity contribution is 0.179. The summed E-state index contributed by atoms with van der Waals surface area (Å²) >= 11 is 0. The summed E-state index contributed by atoms with van der Waals surface area (Å²) in [6.45, 7) is 2.41. The van der Waals surface area contributed by atoms with E-state index < -0.39 is 0 Å². The van der Waals surface area contributed by atoms with Crippen molar-refractivity contribution >= 4 is 6.08 Å². The van der Waals surface area contributed by atoms with Gasteiger partial charge in [-0.15, -0.1) is 0 Å². The molecule has 0 nitrogen and oxygen atoms in total. The predicted octanol–water partition coefficient (Wildman–Crippen LogP) is 7.04. The molecular formula is C24H28. The van der Waals surface area contributed by atoms with Gasteiger partial charge in [-0.2, -0.15) is 0 Å². The van der Waals surface area contributed by atoms with Crippen molar-refractivity contribution in [2.45, 2.75) is 58.3 Å². The molecule has 0 radical (unpaired) electrons. The first-order valence-corrected chi connectivity index (χ1v) is 9.66. The van der Waals surface area contributed by atoms with Crippen molar-refractivity contribution in [2.24, 2.45) is 5.41 Å². The van der Waals surface area contributed by atoms with Crippen LogP contribution in [-0.4, -0.2) is 0 Å². The monoisotopic (exact) mass is 316 g/mol. The van der Waals surface area contributed by atoms with Gasteiger partial charge in [-0.25, -0.2) is 0 Å². The second kappa shape index (κ2) is 6.59. The van der Waals surface area contributed by atoms with Crippen LogP contribution in [0.3, 0.4) is 0 Å². The topological polar surface area (TPSA) is 0 Å². The molecule has 24 heavy (non-hydrogen) atoms. The molecule has 1 saturated carbocycles. The van der Waals surface area contributed by atoms with Crippen LogP contribution in [0.4, 0.5) is 0 Å². The molecule has 0 heteroatoms. The van der Waals surface area contributed by atoms with Crippen LogP contribution in [-0.2, 0) is 6.42 Å². The van der Waals surface area contributed by atoms with E-state index in [1.807, 2.05) is 0 Å². The van der Waals surface area contributed by atoms with Crippen molar-refractivity contribution in [3.63, 3.8) is 0 Å². The fraction of sp³-hybridized carbons (Fsp3) is 0.417. The Morgan fingerprint density at radius 1 is 0.875 bits per heavy atom. The summed E-state index contributed by atoms with van der Waals surface area (Å²) in [5.41, 5.74) is 7.98. The minimum Gasteiger partial charge on any atom is -0.0648 e. The zero-order valence-electron chi connectivity index (χ0n) is 14.9. The Morgan fingerprint density at radius 2 is 1.67 bits per heavy atom. The standard InChI is InChI=1S/C24H28/c1-2-24(14-7-4-8-15-24)18-19-16-21-12-9-13-22(23(21)17-19)20-10-5-3-6-11-20/h3,5-6,9-13,17H,2,4,7-8,14-16,18H2,1H3. The summed E-state index contributed by atoms with van der Waals surface area (Å²) in [6.07, 6.45) is 13.5. The lowest BCUT2D eigenvalue weighted by Gasteiger charge is -2.37. The van der Waals surface area contributed by atoms with Gasteiger partial charge in [0.2, 0.25) is 0 Å². The molecule has 2 aromatic rings. The van der Waals surface area contributed by atoms with Crippen LogP contribution in [0.25, 0.3) is 17.2 Å². The van der Waals surface area contributed by atoms with Crippen LogP contribution in [0, 0.1) is 5.41 Å². The first-order valence-electron chi connectivity index (χ1n) is 9.66. The maximum Gasteiger partial charge on any atom is -0.00574 e. The highest BCUT2D eigenvalue weighted by Crippen LogP contribution is 2.46. The number of fused-ring (bicyclic) bond motifs is 1. The van der Waals surface area contributed by atoms with Crippen molar-refractivity contribution in [3.8, 4) is 11.1 Å². The van der Waals surface area contributed by atoms with E-state index in [0.717, 1.165) is 6.42 Å². The molecule has 124 valence electrons. The van der Waals surface area contributed by atoms with Crippen molar-refractivity contribution in [2.75, 3.05) is 0 Å². The van der Waals surface area contributed by atoms with Crippen LogP contribution in [0.5, 0.6) is 0 Å². The summed E-state index contributed by atoms with van der Waals surface area (Å²) in [6, 6.07) is 17.7. The molecule has 0 atom stereocenters. The van der Waals surface area contributed by atoms with E-state index in [-0.39, 0.29) is 0 Å². The smallest absolute Gasteiger partial charge is 0.00574 e. The molecule has 2 aliphatic carbocycles. The van der Waals surface area contributed by atoms with Gasteiger partial charge < -0.3 is 0 Å². The highest BCUT2D eigenvalue weighted by Gasteiger charge is 2.32. The van der Waals surface area contributed by atoms with Gasteiger partial charge in [0.05, 0.1) is 0 Å². The van der Waals surface area contributed by atoms with Crippen LogP contribution in [0.1, 0.15) is 63.0 Å². The second-order valence-corrected chi connectivity index (χ2v) is 7.81. The fourth-order valence-corrected chi connectivity index (χ4v) is 4.86. The zero-order valence-corrected chi connectivity index (χ0v) is 14.9. The predicted molar refractivity (Wildman–Crippen MR) is 104 cm³/mol. The molecule has 2 aliphatic rings. The lowest BCUT2D eigenvalue weighted by Crippen LogP contribution is -2.23. The number of benzene rings is 2. The van der Waals surface area contributed by atoms with E-state index in [4.69, 9.17) is 0 Å². The third-order valence-corrected chi connectivity index (χ3v) is 6.31. The molecule has 0 unspecified atom stereocenters. The van der Waals surface area contributed by atoms with Crippen LogP contribution >= 0.6 is 0 Å². The molecule has 0 N–H and O–H groups in total. The average Bonchev–Trinajstić information content (AvgIpc) is 3.05. The molecule has 0 heterocycles. The Balaban J connectivity index is 1.63. The van der Waals surface area contributed by atoms with Gasteiger partial charge >= 0.3 is 0 Å². The number of hydrogen-bond donors (Lipinski definition) is 0. The molecule has 0 amide bonds. The summed E-state index contributed by atoms with van der Waals surface area (Å²) < 4.78 is 0. The molecule has 0 saturated heterocycles. The average molecular weight is 316 g/mol. The van der Waals surface area contributed by atoms with E-state index in [1.165, 1.54) is 67.2 Å². The number of rotatable bonds is 4. The molecule has 0 bridgehead atoms. The Morgan fingerprint density at radius 3 is 2.42 bits per heavy atom. The maximum atomic E-state index is 2.52. The van der Waals surface area contributed by atoms with Crippen LogP contribution in [0.15, 0.2) is 54.1 Å². The Kier molecular flexibility index (Phi) is 4.31. The minimum absolute atomic E-state index is 0.582. The van der Waals surface area contributed by atoms with Gasteiger partial charge in [0, 0.05) is 0 Å². The van der Waals surface area contributed by atoms with E-state index in [2.05, 4.69) is 61.5 Å². The SMILES string of the molecule is CCC1(CC2=Cc3c(cccc3-c3ccccc3)C2)CCCCC1. The lowest BCUT2D eigenvalue weighted by atomic mass is 9.68. The van der Waals surface area contributed by atoms with Gasteiger partial charge in [0.1, 0.15) is 0 Å². The van der Waals surface area contributed by atoms with Gasteiger partial charge in [0.25, 0.3) is 0 Å². The molecular weight excluding hydrogens is 288 g/mol. The van der Waals surface area contributed by atoms with Gasteiger partial charge in [0.15, 0.2) is 0 Å². The van der Waals surface area contributed by atoms with Crippen molar-refractivity contribution < 1.29 is 0 Å². The van der Waals surface area contributed by atoms with Crippen LogP contribution < -0.4 is 0 Å². The third kappa shape index (κ3) is 2.95. The third-order valence-electron chi connectivity index (χ3n) is 6.31. The quantitative estimate of drug-likeness (QED) is 0.567. The molecule has 1 fully saturated rings. The first kappa shape index (κ1) is 15.7. The van der Waals surface area contributed by atoms with Crippen LogP contribution in [0.2, 0.25) is 0 Å². The zero-order chi connectivity index (χ0) is 16.4.